The lowest BCUT2D eigenvalue weighted by Crippen LogP contribution is -2.32. The molecule has 2 rings (SSSR count). The van der Waals surface area contributed by atoms with Gasteiger partial charge in [-0.3, -0.25) is 24.3 Å². The van der Waals surface area contributed by atoms with Crippen LogP contribution in [-0.4, -0.2) is 30.4 Å². The van der Waals surface area contributed by atoms with Gasteiger partial charge < -0.3 is 5.32 Å². The Morgan fingerprint density at radius 2 is 2.18 bits per heavy atom. The van der Waals surface area contributed by atoms with Crippen LogP contribution in [0.5, 0.6) is 0 Å². The number of nitrogens with zero attached hydrogens (tertiary/aromatic N) is 5. The van der Waals surface area contributed by atoms with E-state index in [4.69, 9.17) is 0 Å². The standard InChI is InChI=1S/C12H15BrN6O3/c1-7-10(19(21)22)6-16-18(7)8(2)12(20)14-5-11-9(13)4-15-17(11)3/h4,6,8H,5H2,1-3H3,(H,14,20). The van der Waals surface area contributed by atoms with Gasteiger partial charge in [-0.25, -0.2) is 0 Å². The lowest BCUT2D eigenvalue weighted by molar-refractivity contribution is -0.385. The number of carbonyl (C=O) groups excluding carboxylic acids is 1. The molecule has 2 heterocycles. The predicted molar refractivity (Wildman–Crippen MR) is 81.1 cm³/mol. The second kappa shape index (κ2) is 6.26. The topological polar surface area (TPSA) is 108 Å². The minimum absolute atomic E-state index is 0.103. The number of halogens is 1. The Bertz CT molecular complexity index is 703. The van der Waals surface area contributed by atoms with Crippen molar-refractivity contribution in [3.8, 4) is 0 Å². The number of nitro groups is 1. The lowest BCUT2D eigenvalue weighted by atomic mass is 10.3. The van der Waals surface area contributed by atoms with E-state index in [-0.39, 0.29) is 11.6 Å². The Morgan fingerprint density at radius 3 is 2.68 bits per heavy atom. The summed E-state index contributed by atoms with van der Waals surface area (Å²) in [6.07, 6.45) is 2.79. The van der Waals surface area contributed by atoms with Crippen LogP contribution < -0.4 is 5.32 Å². The fourth-order valence-electron chi connectivity index (χ4n) is 2.05. The van der Waals surface area contributed by atoms with Gasteiger partial charge in [-0.05, 0) is 29.8 Å². The molecular weight excluding hydrogens is 356 g/mol. The molecule has 0 aromatic carbocycles. The fourth-order valence-corrected chi connectivity index (χ4v) is 2.54. The molecule has 0 aliphatic rings. The van der Waals surface area contributed by atoms with Crippen molar-refractivity contribution in [1.82, 2.24) is 24.9 Å². The van der Waals surface area contributed by atoms with E-state index in [9.17, 15) is 14.9 Å². The molecule has 0 aliphatic carbocycles. The highest BCUT2D eigenvalue weighted by atomic mass is 79.9. The number of hydrogen-bond donors (Lipinski definition) is 1. The smallest absolute Gasteiger partial charge is 0.309 e. The summed E-state index contributed by atoms with van der Waals surface area (Å²) in [6.45, 7) is 3.49. The van der Waals surface area contributed by atoms with Crippen LogP contribution in [0.25, 0.3) is 0 Å². The van der Waals surface area contributed by atoms with Crippen molar-refractivity contribution in [1.29, 1.82) is 0 Å². The van der Waals surface area contributed by atoms with Crippen LogP contribution >= 0.6 is 15.9 Å². The molecule has 1 atom stereocenters. The van der Waals surface area contributed by atoms with Gasteiger partial charge in [-0.1, -0.05) is 0 Å². The van der Waals surface area contributed by atoms with Gasteiger partial charge in [0.1, 0.15) is 17.9 Å². The van der Waals surface area contributed by atoms with Crippen molar-refractivity contribution in [3.05, 3.63) is 38.4 Å². The third kappa shape index (κ3) is 3.01. The van der Waals surface area contributed by atoms with Crippen LogP contribution in [0.3, 0.4) is 0 Å². The largest absolute Gasteiger partial charge is 0.349 e. The maximum absolute atomic E-state index is 12.2. The minimum atomic E-state index is -0.652. The molecule has 0 radical (unpaired) electrons. The molecule has 118 valence electrons. The highest BCUT2D eigenvalue weighted by Crippen LogP contribution is 2.20. The summed E-state index contributed by atoms with van der Waals surface area (Å²) >= 11 is 3.35. The van der Waals surface area contributed by atoms with Crippen molar-refractivity contribution < 1.29 is 9.72 Å². The van der Waals surface area contributed by atoms with E-state index in [1.165, 1.54) is 4.68 Å². The lowest BCUT2D eigenvalue weighted by Gasteiger charge is -2.14. The zero-order valence-corrected chi connectivity index (χ0v) is 13.9. The van der Waals surface area contributed by atoms with E-state index in [0.717, 1.165) is 16.4 Å². The molecular formula is C12H15BrN6O3. The molecule has 2 aromatic rings. The van der Waals surface area contributed by atoms with Crippen LogP contribution in [0.15, 0.2) is 16.9 Å². The van der Waals surface area contributed by atoms with Gasteiger partial charge >= 0.3 is 5.69 Å². The van der Waals surface area contributed by atoms with Gasteiger partial charge in [-0.15, -0.1) is 0 Å². The molecule has 10 heteroatoms. The zero-order valence-electron chi connectivity index (χ0n) is 12.3. The number of aromatic nitrogens is 4. The first kappa shape index (κ1) is 16.1. The first-order chi connectivity index (χ1) is 10.3. The number of rotatable bonds is 5. The van der Waals surface area contributed by atoms with E-state index in [1.807, 2.05) is 0 Å². The summed E-state index contributed by atoms with van der Waals surface area (Å²) in [5, 5.41) is 21.6. The van der Waals surface area contributed by atoms with Gasteiger partial charge in [0.05, 0.1) is 27.8 Å². The van der Waals surface area contributed by atoms with E-state index in [0.29, 0.717) is 12.2 Å². The van der Waals surface area contributed by atoms with Crippen molar-refractivity contribution in [2.45, 2.75) is 26.4 Å². The summed E-state index contributed by atoms with van der Waals surface area (Å²) in [6, 6.07) is -0.652. The monoisotopic (exact) mass is 370 g/mol. The normalized spacial score (nSPS) is 12.2. The number of aryl methyl sites for hydroxylation is 1. The predicted octanol–water partition coefficient (Wildman–Crippen LogP) is 1.47. The van der Waals surface area contributed by atoms with Gasteiger partial charge in [0.2, 0.25) is 5.91 Å². The molecule has 0 fully saturated rings. The van der Waals surface area contributed by atoms with Crippen molar-refractivity contribution >= 4 is 27.5 Å². The van der Waals surface area contributed by atoms with Crippen LogP contribution in [0, 0.1) is 17.0 Å². The van der Waals surface area contributed by atoms with Gasteiger partial charge in [0, 0.05) is 7.05 Å². The Balaban J connectivity index is 2.08. The third-order valence-electron chi connectivity index (χ3n) is 3.40. The van der Waals surface area contributed by atoms with E-state index >= 15 is 0 Å². The highest BCUT2D eigenvalue weighted by Gasteiger charge is 2.23. The van der Waals surface area contributed by atoms with Crippen molar-refractivity contribution in [2.75, 3.05) is 0 Å². The third-order valence-corrected chi connectivity index (χ3v) is 4.06. The number of carbonyl (C=O) groups is 1. The molecule has 2 aromatic heterocycles. The molecule has 22 heavy (non-hydrogen) atoms. The zero-order chi connectivity index (χ0) is 16.4. The second-order valence-electron chi connectivity index (χ2n) is 4.77. The summed E-state index contributed by atoms with van der Waals surface area (Å²) in [5.74, 6) is -0.283. The maximum atomic E-state index is 12.2. The summed E-state index contributed by atoms with van der Waals surface area (Å²) < 4.78 is 3.79. The summed E-state index contributed by atoms with van der Waals surface area (Å²) in [4.78, 5) is 22.5. The number of hydrogen-bond acceptors (Lipinski definition) is 5. The van der Waals surface area contributed by atoms with E-state index in [2.05, 4.69) is 31.4 Å². The Morgan fingerprint density at radius 1 is 1.50 bits per heavy atom. The minimum Gasteiger partial charge on any atom is -0.349 e. The molecule has 0 aliphatic heterocycles. The van der Waals surface area contributed by atoms with Gasteiger partial charge in [0.25, 0.3) is 0 Å². The Kier molecular flexibility index (Phi) is 4.59. The quantitative estimate of drug-likeness (QED) is 0.633. The number of amides is 1. The fraction of sp³-hybridized carbons (Fsp3) is 0.417. The van der Waals surface area contributed by atoms with Crippen LogP contribution in [-0.2, 0) is 18.4 Å². The van der Waals surface area contributed by atoms with Crippen LogP contribution in [0.4, 0.5) is 5.69 Å². The Labute approximate surface area is 134 Å². The van der Waals surface area contributed by atoms with E-state index in [1.54, 1.807) is 31.8 Å². The molecule has 0 spiro atoms. The Hall–Kier alpha value is -2.23. The molecule has 1 N–H and O–H groups in total. The molecule has 0 bridgehead atoms. The average Bonchev–Trinajstić information content (AvgIpc) is 2.99. The SMILES string of the molecule is Cc1c([N+](=O)[O-])cnn1C(C)C(=O)NCc1c(Br)cnn1C. The average molecular weight is 371 g/mol. The number of nitrogens with one attached hydrogen (secondary N) is 1. The van der Waals surface area contributed by atoms with Crippen molar-refractivity contribution in [3.63, 3.8) is 0 Å². The van der Waals surface area contributed by atoms with Crippen LogP contribution in [0.2, 0.25) is 0 Å². The van der Waals surface area contributed by atoms with Gasteiger partial charge in [0.15, 0.2) is 0 Å². The first-order valence-corrected chi connectivity index (χ1v) is 7.24. The second-order valence-corrected chi connectivity index (χ2v) is 5.63. The molecule has 9 nitrogen and oxygen atoms in total. The maximum Gasteiger partial charge on any atom is 0.309 e. The summed E-state index contributed by atoms with van der Waals surface area (Å²) in [7, 11) is 1.77. The molecule has 0 saturated carbocycles. The molecule has 1 unspecified atom stereocenters. The first-order valence-electron chi connectivity index (χ1n) is 6.45. The summed E-state index contributed by atoms with van der Waals surface area (Å²) in [5.41, 5.74) is 1.06. The molecule has 0 saturated heterocycles. The molecule has 1 amide bonds. The van der Waals surface area contributed by atoms with E-state index < -0.39 is 11.0 Å². The highest BCUT2D eigenvalue weighted by molar-refractivity contribution is 9.10. The van der Waals surface area contributed by atoms with Gasteiger partial charge in [-0.2, -0.15) is 10.2 Å². The van der Waals surface area contributed by atoms with Crippen molar-refractivity contribution in [2.24, 2.45) is 7.05 Å². The van der Waals surface area contributed by atoms with Crippen LogP contribution in [0.1, 0.15) is 24.4 Å².